The van der Waals surface area contributed by atoms with Crippen molar-refractivity contribution < 1.29 is 23.2 Å². The lowest BCUT2D eigenvalue weighted by Crippen LogP contribution is -2.52. The van der Waals surface area contributed by atoms with Gasteiger partial charge < -0.3 is 4.90 Å². The molecule has 1 aliphatic carbocycles. The monoisotopic (exact) mass is 440 g/mol. The number of rotatable bonds is 3. The van der Waals surface area contributed by atoms with Gasteiger partial charge >= 0.3 is 0 Å². The molecular weight excluding hydrogens is 418 g/mol. The highest BCUT2D eigenvalue weighted by molar-refractivity contribution is 6.05. The van der Waals surface area contributed by atoms with Crippen LogP contribution in [-0.2, 0) is 23.2 Å². The van der Waals surface area contributed by atoms with Gasteiger partial charge in [-0.3, -0.25) is 24.4 Å². The number of nitrogens with one attached hydrogen (secondary N) is 1. The van der Waals surface area contributed by atoms with Gasteiger partial charge in [-0.05, 0) is 41.7 Å². The zero-order valence-electron chi connectivity index (χ0n) is 17.5. The number of hydrogen-bond donors (Lipinski definition) is 1. The Labute approximate surface area is 183 Å². The molecule has 0 bridgehead atoms. The average Bonchev–Trinajstić information content (AvgIpc) is 3.28. The summed E-state index contributed by atoms with van der Waals surface area (Å²) in [4.78, 5) is 38.1. The highest BCUT2D eigenvalue weighted by atomic mass is 19.3. The van der Waals surface area contributed by atoms with Gasteiger partial charge in [0.1, 0.15) is 6.04 Å². The molecule has 0 saturated carbocycles. The van der Waals surface area contributed by atoms with Crippen LogP contribution < -0.4 is 5.32 Å². The third-order valence-electron chi connectivity index (χ3n) is 6.48. The van der Waals surface area contributed by atoms with E-state index in [1.165, 1.54) is 4.90 Å². The fourth-order valence-electron chi connectivity index (χ4n) is 4.78. The Morgan fingerprint density at radius 2 is 1.97 bits per heavy atom. The summed E-state index contributed by atoms with van der Waals surface area (Å²) in [5.74, 6) is -3.67. The zero-order valence-corrected chi connectivity index (χ0v) is 17.5. The lowest BCUT2D eigenvalue weighted by atomic mass is 9.90. The van der Waals surface area contributed by atoms with E-state index in [0.717, 1.165) is 28.0 Å². The van der Waals surface area contributed by atoms with E-state index in [1.807, 2.05) is 12.1 Å². The van der Waals surface area contributed by atoms with Crippen molar-refractivity contribution in [3.63, 3.8) is 0 Å². The highest BCUT2D eigenvalue weighted by Crippen LogP contribution is 2.40. The van der Waals surface area contributed by atoms with Crippen molar-refractivity contribution in [2.75, 3.05) is 0 Å². The Balaban J connectivity index is 1.45. The van der Waals surface area contributed by atoms with Crippen molar-refractivity contribution in [3.05, 3.63) is 47.3 Å². The van der Waals surface area contributed by atoms with Crippen molar-refractivity contribution >= 4 is 23.3 Å². The second-order valence-electron chi connectivity index (χ2n) is 8.59. The topological polar surface area (TPSA) is 84.3 Å². The second kappa shape index (κ2) is 7.36. The van der Waals surface area contributed by atoms with E-state index in [2.05, 4.69) is 10.4 Å². The standard InChI is InChI=1S/C23H22F2N4O3/c1-28-20(13-6-8-23(24,25)9-7-13)17(11-26-28)14-2-3-16-15(10-14)12-29(22(16)32)18-4-5-19(30)27-21(18)31/h2-3,6,10-11,18H,4-5,7-9,12H2,1H3,(H,27,30,31). The van der Waals surface area contributed by atoms with Crippen LogP contribution in [0.3, 0.4) is 0 Å². The minimum absolute atomic E-state index is 0.191. The van der Waals surface area contributed by atoms with Crippen LogP contribution in [0.25, 0.3) is 16.7 Å². The number of halogens is 2. The van der Waals surface area contributed by atoms with Gasteiger partial charge in [-0.1, -0.05) is 12.1 Å². The smallest absolute Gasteiger partial charge is 0.255 e. The van der Waals surface area contributed by atoms with Gasteiger partial charge in [-0.2, -0.15) is 5.10 Å². The molecule has 3 amide bonds. The first-order valence-corrected chi connectivity index (χ1v) is 10.6. The molecule has 1 atom stereocenters. The predicted molar refractivity (Wildman–Crippen MR) is 111 cm³/mol. The molecule has 7 nitrogen and oxygen atoms in total. The highest BCUT2D eigenvalue weighted by Gasteiger charge is 2.39. The van der Waals surface area contributed by atoms with Gasteiger partial charge in [-0.25, -0.2) is 8.78 Å². The number of aryl methyl sites for hydroxylation is 1. The van der Waals surface area contributed by atoms with Crippen LogP contribution in [0.4, 0.5) is 8.78 Å². The van der Waals surface area contributed by atoms with Crippen LogP contribution in [0.15, 0.2) is 30.5 Å². The first-order valence-electron chi connectivity index (χ1n) is 10.6. The fraction of sp³-hybridized carbons (Fsp3) is 0.391. The van der Waals surface area contributed by atoms with Crippen molar-refractivity contribution in [1.29, 1.82) is 0 Å². The normalized spacial score (nSPS) is 22.6. The fourth-order valence-corrected chi connectivity index (χ4v) is 4.78. The quantitative estimate of drug-likeness (QED) is 0.744. The third kappa shape index (κ3) is 3.41. The number of carbonyl (C=O) groups is 3. The predicted octanol–water partition coefficient (Wildman–Crippen LogP) is 3.05. The van der Waals surface area contributed by atoms with E-state index in [-0.39, 0.29) is 44.0 Å². The zero-order chi connectivity index (χ0) is 22.6. The van der Waals surface area contributed by atoms with Crippen molar-refractivity contribution in [2.24, 2.45) is 7.05 Å². The van der Waals surface area contributed by atoms with E-state index < -0.39 is 17.9 Å². The van der Waals surface area contributed by atoms with Crippen LogP contribution in [0, 0.1) is 0 Å². The lowest BCUT2D eigenvalue weighted by molar-refractivity contribution is -0.136. The molecule has 3 aliphatic rings. The van der Waals surface area contributed by atoms with E-state index in [4.69, 9.17) is 0 Å². The minimum atomic E-state index is -2.67. The molecule has 1 unspecified atom stereocenters. The maximum atomic E-state index is 13.6. The summed E-state index contributed by atoms with van der Waals surface area (Å²) in [6, 6.07) is 4.79. The van der Waals surface area contributed by atoms with Crippen LogP contribution in [0.2, 0.25) is 0 Å². The van der Waals surface area contributed by atoms with Gasteiger partial charge in [0.25, 0.3) is 11.8 Å². The Morgan fingerprint density at radius 1 is 1.16 bits per heavy atom. The molecule has 5 rings (SSSR count). The molecular formula is C23H22F2N4O3. The van der Waals surface area contributed by atoms with Gasteiger partial charge in [0.05, 0.1) is 11.9 Å². The molecule has 2 aliphatic heterocycles. The molecule has 1 aromatic carbocycles. The second-order valence-corrected chi connectivity index (χ2v) is 8.59. The molecule has 3 heterocycles. The number of imide groups is 1. The summed E-state index contributed by atoms with van der Waals surface area (Å²) >= 11 is 0. The van der Waals surface area contributed by atoms with Gasteiger partial charge in [0.15, 0.2) is 0 Å². The van der Waals surface area contributed by atoms with E-state index in [9.17, 15) is 23.2 Å². The number of carbonyl (C=O) groups excluding carboxylic acids is 3. The lowest BCUT2D eigenvalue weighted by Gasteiger charge is -2.29. The molecule has 2 aromatic rings. The third-order valence-corrected chi connectivity index (χ3v) is 6.48. The first kappa shape index (κ1) is 20.5. The minimum Gasteiger partial charge on any atom is -0.322 e. The van der Waals surface area contributed by atoms with Gasteiger partial charge in [0, 0.05) is 44.0 Å². The number of alkyl halides is 2. The molecule has 1 fully saturated rings. The number of fused-ring (bicyclic) bond motifs is 1. The SMILES string of the molecule is Cn1ncc(-c2ccc3c(c2)CN(C2CCC(=O)NC2=O)C3=O)c1C1=CCC(F)(F)CC1. The summed E-state index contributed by atoms with van der Waals surface area (Å²) in [6.45, 7) is 0.277. The first-order chi connectivity index (χ1) is 15.2. The molecule has 32 heavy (non-hydrogen) atoms. The number of benzene rings is 1. The number of hydrogen-bond acceptors (Lipinski definition) is 4. The van der Waals surface area contributed by atoms with Crippen LogP contribution in [-0.4, -0.2) is 44.4 Å². The van der Waals surface area contributed by atoms with E-state index >= 15 is 0 Å². The maximum Gasteiger partial charge on any atom is 0.255 e. The van der Waals surface area contributed by atoms with Gasteiger partial charge in [0.2, 0.25) is 11.8 Å². The molecule has 1 aromatic heterocycles. The molecule has 0 spiro atoms. The largest absolute Gasteiger partial charge is 0.322 e. The summed E-state index contributed by atoms with van der Waals surface area (Å²) in [7, 11) is 1.79. The number of piperidine rings is 1. The van der Waals surface area contributed by atoms with E-state index in [1.54, 1.807) is 30.1 Å². The van der Waals surface area contributed by atoms with Crippen LogP contribution in [0.5, 0.6) is 0 Å². The van der Waals surface area contributed by atoms with Crippen molar-refractivity contribution in [3.8, 4) is 11.1 Å². The van der Waals surface area contributed by atoms with Gasteiger partial charge in [-0.15, -0.1) is 0 Å². The number of allylic oxidation sites excluding steroid dienone is 2. The van der Waals surface area contributed by atoms with Crippen molar-refractivity contribution in [2.45, 2.75) is 50.6 Å². The molecule has 166 valence electrons. The molecule has 1 saturated heterocycles. The number of amides is 3. The summed E-state index contributed by atoms with van der Waals surface area (Å²) in [5, 5.41) is 6.65. The number of aromatic nitrogens is 2. The maximum absolute atomic E-state index is 13.6. The van der Waals surface area contributed by atoms with Crippen LogP contribution in [0.1, 0.15) is 53.7 Å². The van der Waals surface area contributed by atoms with Crippen molar-refractivity contribution in [1.82, 2.24) is 20.0 Å². The summed E-state index contributed by atoms with van der Waals surface area (Å²) in [5.41, 5.74) is 4.61. The Kier molecular flexibility index (Phi) is 4.72. The number of nitrogens with zero attached hydrogens (tertiary/aromatic N) is 3. The molecule has 0 radical (unpaired) electrons. The summed E-state index contributed by atoms with van der Waals surface area (Å²) in [6.07, 6.45) is 3.60. The Morgan fingerprint density at radius 3 is 2.69 bits per heavy atom. The van der Waals surface area contributed by atoms with E-state index in [0.29, 0.717) is 12.0 Å². The summed E-state index contributed by atoms with van der Waals surface area (Å²) < 4.78 is 28.9. The molecule has 9 heteroatoms. The van der Waals surface area contributed by atoms with Crippen LogP contribution >= 0.6 is 0 Å². The average molecular weight is 440 g/mol. The Bertz CT molecular complexity index is 1180. The molecule has 1 N–H and O–H groups in total. The Hall–Kier alpha value is -3.36.